The van der Waals surface area contributed by atoms with Crippen molar-refractivity contribution in [1.29, 1.82) is 0 Å². The van der Waals surface area contributed by atoms with Gasteiger partial charge in [-0.25, -0.2) is 4.98 Å². The number of fused-ring (bicyclic) bond motifs is 1. The van der Waals surface area contributed by atoms with Crippen LogP contribution in [0.15, 0.2) is 60.7 Å². The van der Waals surface area contributed by atoms with E-state index in [9.17, 15) is 9.90 Å². The highest BCUT2D eigenvalue weighted by atomic mass is 35.5. The summed E-state index contributed by atoms with van der Waals surface area (Å²) in [6.07, 6.45) is -0.234. The number of pyridine rings is 1. The molecule has 0 bridgehead atoms. The van der Waals surface area contributed by atoms with Crippen molar-refractivity contribution >= 4 is 40.1 Å². The van der Waals surface area contributed by atoms with Crippen LogP contribution in [-0.4, -0.2) is 23.2 Å². The highest BCUT2D eigenvalue weighted by Crippen LogP contribution is 2.42. The standard InChI is InChI=1S/C25H19Cl2NO3.ClH/c1-14-7-10-22(31-2)18(11-14)25-19(13-23(29)30)24(16-5-3-4-6-20(16)27)17-12-15(26)8-9-21(17)28-25;/h3-12H,13H2,1-2H3,(H,29,30);1H/p-1. The van der Waals surface area contributed by atoms with Gasteiger partial charge in [-0.3, -0.25) is 4.79 Å². The summed E-state index contributed by atoms with van der Waals surface area (Å²) < 4.78 is 5.58. The third-order valence-corrected chi connectivity index (χ3v) is 5.69. The fourth-order valence-electron chi connectivity index (χ4n) is 3.80. The van der Waals surface area contributed by atoms with E-state index in [0.29, 0.717) is 38.1 Å². The second kappa shape index (κ2) is 9.78. The Bertz CT molecular complexity index is 1320. The number of methoxy groups -OCH3 is 1. The molecule has 7 heteroatoms. The number of hydrogen-bond donors (Lipinski definition) is 1. The molecule has 0 aliphatic heterocycles. The van der Waals surface area contributed by atoms with E-state index >= 15 is 0 Å². The van der Waals surface area contributed by atoms with Crippen molar-refractivity contribution in [3.05, 3.63) is 81.8 Å². The Morgan fingerprint density at radius 1 is 1.03 bits per heavy atom. The number of aliphatic carboxylic acids is 1. The second-order valence-corrected chi connectivity index (χ2v) is 8.07. The average molecular weight is 488 g/mol. The Kier molecular flexibility index (Phi) is 7.29. The lowest BCUT2D eigenvalue weighted by Gasteiger charge is -2.19. The van der Waals surface area contributed by atoms with Crippen molar-refractivity contribution in [1.82, 2.24) is 4.98 Å². The van der Waals surface area contributed by atoms with Crippen molar-refractivity contribution in [2.75, 3.05) is 7.11 Å². The zero-order valence-electron chi connectivity index (χ0n) is 17.3. The Morgan fingerprint density at radius 3 is 2.47 bits per heavy atom. The van der Waals surface area contributed by atoms with Gasteiger partial charge in [0.05, 0.1) is 24.7 Å². The average Bonchev–Trinajstić information content (AvgIpc) is 2.74. The van der Waals surface area contributed by atoms with E-state index in [0.717, 1.165) is 22.1 Å². The number of halogens is 3. The van der Waals surface area contributed by atoms with Gasteiger partial charge < -0.3 is 22.3 Å². The van der Waals surface area contributed by atoms with Crippen LogP contribution in [0.2, 0.25) is 10.0 Å². The van der Waals surface area contributed by atoms with Crippen LogP contribution in [0, 0.1) is 6.92 Å². The van der Waals surface area contributed by atoms with Crippen LogP contribution in [0.1, 0.15) is 11.1 Å². The molecule has 1 heterocycles. The fraction of sp³-hybridized carbons (Fsp3) is 0.120. The summed E-state index contributed by atoms with van der Waals surface area (Å²) in [4.78, 5) is 16.8. The smallest absolute Gasteiger partial charge is 0.307 e. The first-order valence-corrected chi connectivity index (χ1v) is 10.4. The summed E-state index contributed by atoms with van der Waals surface area (Å²) in [6, 6.07) is 18.5. The van der Waals surface area contributed by atoms with Crippen LogP contribution < -0.4 is 17.1 Å². The molecule has 1 aromatic heterocycles. The molecule has 0 aliphatic rings. The predicted octanol–water partition coefficient (Wildman–Crippen LogP) is 3.82. The number of carboxylic acids is 1. The van der Waals surface area contributed by atoms with E-state index in [1.807, 2.05) is 49.4 Å². The molecule has 0 aliphatic carbocycles. The number of hydrogen-bond acceptors (Lipinski definition) is 3. The highest BCUT2D eigenvalue weighted by molar-refractivity contribution is 6.34. The summed E-state index contributed by atoms with van der Waals surface area (Å²) in [5, 5.41) is 11.6. The number of carbonyl (C=O) groups is 1. The van der Waals surface area contributed by atoms with Crippen molar-refractivity contribution < 1.29 is 27.0 Å². The first-order chi connectivity index (χ1) is 14.9. The topological polar surface area (TPSA) is 59.4 Å². The van der Waals surface area contributed by atoms with E-state index in [1.54, 1.807) is 25.3 Å². The maximum absolute atomic E-state index is 11.9. The molecular weight excluding hydrogens is 469 g/mol. The zero-order valence-corrected chi connectivity index (χ0v) is 19.6. The lowest BCUT2D eigenvalue weighted by molar-refractivity contribution is -0.136. The van der Waals surface area contributed by atoms with Gasteiger partial charge in [-0.05, 0) is 54.4 Å². The van der Waals surface area contributed by atoms with E-state index in [1.165, 1.54) is 0 Å². The van der Waals surface area contributed by atoms with Crippen molar-refractivity contribution in [2.24, 2.45) is 0 Å². The van der Waals surface area contributed by atoms with Crippen LogP contribution in [0.5, 0.6) is 5.75 Å². The van der Waals surface area contributed by atoms with Crippen LogP contribution in [0.3, 0.4) is 0 Å². The third-order valence-electron chi connectivity index (χ3n) is 5.13. The Balaban J connectivity index is 0.00000289. The molecule has 4 rings (SSSR count). The largest absolute Gasteiger partial charge is 1.00 e. The first-order valence-electron chi connectivity index (χ1n) is 9.63. The maximum Gasteiger partial charge on any atom is 0.307 e. The SMILES string of the molecule is COc1ccc(C)cc1-c1nc2ccc(Cl)cc2c(-c2ccccc2Cl)c1CC(=O)O.[Cl-]. The molecule has 0 atom stereocenters. The van der Waals surface area contributed by atoms with Crippen molar-refractivity contribution in [3.63, 3.8) is 0 Å². The Morgan fingerprint density at radius 2 is 1.78 bits per heavy atom. The van der Waals surface area contributed by atoms with Crippen LogP contribution >= 0.6 is 23.2 Å². The molecule has 1 N–H and O–H groups in total. The second-order valence-electron chi connectivity index (χ2n) is 7.23. The highest BCUT2D eigenvalue weighted by Gasteiger charge is 2.23. The van der Waals surface area contributed by atoms with E-state index in [2.05, 4.69) is 0 Å². The molecule has 0 saturated carbocycles. The van der Waals surface area contributed by atoms with E-state index in [4.69, 9.17) is 32.9 Å². The molecule has 0 amide bonds. The van der Waals surface area contributed by atoms with Gasteiger partial charge in [0.2, 0.25) is 0 Å². The summed E-state index contributed by atoms with van der Waals surface area (Å²) in [5.74, 6) is -0.354. The number of carboxylic acid groups (broad SMARTS) is 1. The third kappa shape index (κ3) is 4.53. The minimum Gasteiger partial charge on any atom is -1.00 e. The summed E-state index contributed by atoms with van der Waals surface area (Å²) >= 11 is 12.9. The number of nitrogens with zero attached hydrogens (tertiary/aromatic N) is 1. The predicted molar refractivity (Wildman–Crippen MR) is 125 cm³/mol. The normalized spacial score (nSPS) is 10.6. The minimum absolute atomic E-state index is 0. The van der Waals surface area contributed by atoms with E-state index in [-0.39, 0.29) is 18.8 Å². The molecule has 4 nitrogen and oxygen atoms in total. The summed E-state index contributed by atoms with van der Waals surface area (Å²) in [5.41, 5.74) is 4.96. The molecule has 0 radical (unpaired) electrons. The maximum atomic E-state index is 11.9. The van der Waals surface area contributed by atoms with Gasteiger partial charge in [-0.2, -0.15) is 0 Å². The quantitative estimate of drug-likeness (QED) is 0.465. The lowest BCUT2D eigenvalue weighted by Crippen LogP contribution is -3.00. The Hall–Kier alpha value is -2.79. The lowest BCUT2D eigenvalue weighted by atomic mass is 9.89. The molecule has 164 valence electrons. The first kappa shape index (κ1) is 23.9. The fourth-order valence-corrected chi connectivity index (χ4v) is 4.20. The van der Waals surface area contributed by atoms with E-state index < -0.39 is 5.97 Å². The minimum atomic E-state index is -0.968. The van der Waals surface area contributed by atoms with Gasteiger partial charge >= 0.3 is 5.97 Å². The summed E-state index contributed by atoms with van der Waals surface area (Å²) in [6.45, 7) is 1.97. The molecule has 0 unspecified atom stereocenters. The number of rotatable bonds is 5. The molecule has 4 aromatic rings. The molecule has 3 aromatic carbocycles. The van der Waals surface area contributed by atoms with Crippen molar-refractivity contribution in [2.45, 2.75) is 13.3 Å². The number of ether oxygens (including phenoxy) is 1. The van der Waals surface area contributed by atoms with Gasteiger partial charge in [0.25, 0.3) is 0 Å². The van der Waals surface area contributed by atoms with Gasteiger partial charge in [-0.1, -0.05) is 53.0 Å². The molecule has 0 fully saturated rings. The molecule has 0 spiro atoms. The van der Waals surface area contributed by atoms with Crippen LogP contribution in [-0.2, 0) is 11.2 Å². The van der Waals surface area contributed by atoms with Gasteiger partial charge in [0, 0.05) is 26.6 Å². The van der Waals surface area contributed by atoms with Gasteiger partial charge in [0.1, 0.15) is 5.75 Å². The van der Waals surface area contributed by atoms with Gasteiger partial charge in [-0.15, -0.1) is 0 Å². The summed E-state index contributed by atoms with van der Waals surface area (Å²) in [7, 11) is 1.58. The number of aromatic nitrogens is 1. The molecular formula is C25H19Cl3NO3-. The Labute approximate surface area is 202 Å². The van der Waals surface area contributed by atoms with Crippen molar-refractivity contribution in [3.8, 4) is 28.1 Å². The number of benzene rings is 3. The molecule has 32 heavy (non-hydrogen) atoms. The van der Waals surface area contributed by atoms with Crippen LogP contribution in [0.25, 0.3) is 33.3 Å². The number of aryl methyl sites for hydroxylation is 1. The monoisotopic (exact) mass is 486 g/mol. The van der Waals surface area contributed by atoms with Gasteiger partial charge in [0.15, 0.2) is 0 Å². The molecule has 0 saturated heterocycles. The zero-order chi connectivity index (χ0) is 22.1. The van der Waals surface area contributed by atoms with Crippen LogP contribution in [0.4, 0.5) is 0 Å².